The van der Waals surface area contributed by atoms with Crippen LogP contribution in [0.15, 0.2) is 18.2 Å². The Balaban J connectivity index is 2.10. The number of benzene rings is 1. The highest BCUT2D eigenvalue weighted by Gasteiger charge is 2.18. The van der Waals surface area contributed by atoms with Gasteiger partial charge in [-0.05, 0) is 25.5 Å². The number of ketones is 1. The van der Waals surface area contributed by atoms with E-state index in [-0.39, 0.29) is 5.78 Å². The molecule has 2 rings (SSSR count). The molecule has 1 fully saturated rings. The number of carbonyl (C=O) groups is 1. The molecular weight excluding hydrogens is 232 g/mol. The van der Waals surface area contributed by atoms with Crippen LogP contribution >= 0.6 is 0 Å². The number of carbonyl (C=O) groups excluding carboxylic acids is 1. The van der Waals surface area contributed by atoms with E-state index in [0.29, 0.717) is 29.6 Å². The quantitative estimate of drug-likeness (QED) is 0.752. The van der Waals surface area contributed by atoms with E-state index >= 15 is 0 Å². The standard InChI is InChI=1S/C14H18O4/c1-10(15)13-4-3-12(16-2)7-14(13)18-9-11-5-6-17-8-11/h3-4,7,11H,5-6,8-9H2,1-2H3. The molecule has 0 saturated carbocycles. The molecule has 1 unspecified atom stereocenters. The first-order chi connectivity index (χ1) is 8.70. The van der Waals surface area contributed by atoms with Crippen LogP contribution in [0, 0.1) is 5.92 Å². The van der Waals surface area contributed by atoms with E-state index in [1.165, 1.54) is 6.92 Å². The van der Waals surface area contributed by atoms with Gasteiger partial charge in [0.1, 0.15) is 11.5 Å². The number of hydrogen-bond donors (Lipinski definition) is 0. The first kappa shape index (κ1) is 12.9. The lowest BCUT2D eigenvalue weighted by atomic mass is 10.1. The highest BCUT2D eigenvalue weighted by Crippen LogP contribution is 2.26. The summed E-state index contributed by atoms with van der Waals surface area (Å²) in [5.41, 5.74) is 0.592. The molecule has 0 aromatic heterocycles. The first-order valence-corrected chi connectivity index (χ1v) is 6.10. The molecule has 0 bridgehead atoms. The van der Waals surface area contributed by atoms with Crippen LogP contribution in [0.3, 0.4) is 0 Å². The molecule has 98 valence electrons. The van der Waals surface area contributed by atoms with Crippen molar-refractivity contribution in [3.63, 3.8) is 0 Å². The topological polar surface area (TPSA) is 44.8 Å². The Labute approximate surface area is 107 Å². The molecule has 0 aliphatic carbocycles. The van der Waals surface area contributed by atoms with Gasteiger partial charge in [0, 0.05) is 18.6 Å². The molecule has 1 aliphatic rings. The fourth-order valence-corrected chi connectivity index (χ4v) is 1.96. The van der Waals surface area contributed by atoms with Gasteiger partial charge in [0.05, 0.1) is 25.9 Å². The average Bonchev–Trinajstić information content (AvgIpc) is 2.88. The van der Waals surface area contributed by atoms with Crippen LogP contribution in [0.1, 0.15) is 23.7 Å². The van der Waals surface area contributed by atoms with Crippen LogP contribution in [0.25, 0.3) is 0 Å². The molecule has 1 aliphatic heterocycles. The smallest absolute Gasteiger partial charge is 0.163 e. The molecule has 0 amide bonds. The van der Waals surface area contributed by atoms with Crippen molar-refractivity contribution in [3.05, 3.63) is 23.8 Å². The summed E-state index contributed by atoms with van der Waals surface area (Å²) in [6, 6.07) is 5.26. The Morgan fingerprint density at radius 1 is 1.50 bits per heavy atom. The largest absolute Gasteiger partial charge is 0.497 e. The lowest BCUT2D eigenvalue weighted by molar-refractivity contribution is 0.101. The van der Waals surface area contributed by atoms with Crippen molar-refractivity contribution in [1.29, 1.82) is 0 Å². The van der Waals surface area contributed by atoms with Gasteiger partial charge in [0.25, 0.3) is 0 Å². The molecule has 18 heavy (non-hydrogen) atoms. The molecule has 1 aromatic rings. The second kappa shape index (κ2) is 5.87. The normalized spacial score (nSPS) is 18.7. The zero-order valence-corrected chi connectivity index (χ0v) is 10.8. The third-order valence-corrected chi connectivity index (χ3v) is 3.07. The third-order valence-electron chi connectivity index (χ3n) is 3.07. The molecule has 0 radical (unpaired) electrons. The molecule has 1 saturated heterocycles. The second-order valence-corrected chi connectivity index (χ2v) is 4.46. The molecule has 4 heteroatoms. The number of rotatable bonds is 5. The van der Waals surface area contributed by atoms with Gasteiger partial charge in [0.2, 0.25) is 0 Å². The van der Waals surface area contributed by atoms with Crippen LogP contribution < -0.4 is 9.47 Å². The van der Waals surface area contributed by atoms with Gasteiger partial charge < -0.3 is 14.2 Å². The van der Waals surface area contributed by atoms with E-state index in [9.17, 15) is 4.79 Å². The molecule has 0 N–H and O–H groups in total. The van der Waals surface area contributed by atoms with E-state index in [4.69, 9.17) is 14.2 Å². The van der Waals surface area contributed by atoms with Crippen molar-refractivity contribution in [2.75, 3.05) is 26.9 Å². The van der Waals surface area contributed by atoms with Crippen molar-refractivity contribution in [2.45, 2.75) is 13.3 Å². The van der Waals surface area contributed by atoms with Gasteiger partial charge in [-0.2, -0.15) is 0 Å². The monoisotopic (exact) mass is 250 g/mol. The minimum Gasteiger partial charge on any atom is -0.497 e. The highest BCUT2D eigenvalue weighted by molar-refractivity contribution is 5.97. The Morgan fingerprint density at radius 3 is 2.94 bits per heavy atom. The van der Waals surface area contributed by atoms with Crippen LogP contribution in [0.5, 0.6) is 11.5 Å². The van der Waals surface area contributed by atoms with Crippen molar-refractivity contribution >= 4 is 5.78 Å². The van der Waals surface area contributed by atoms with Gasteiger partial charge in [-0.3, -0.25) is 4.79 Å². The van der Waals surface area contributed by atoms with Gasteiger partial charge in [0.15, 0.2) is 5.78 Å². The zero-order chi connectivity index (χ0) is 13.0. The SMILES string of the molecule is COc1ccc(C(C)=O)c(OCC2CCOC2)c1. The minimum atomic E-state index is -0.00433. The predicted molar refractivity (Wildman–Crippen MR) is 67.4 cm³/mol. The number of methoxy groups -OCH3 is 1. The minimum absolute atomic E-state index is 0.00433. The molecule has 1 aromatic carbocycles. The van der Waals surface area contributed by atoms with Gasteiger partial charge in [-0.15, -0.1) is 0 Å². The molecule has 4 nitrogen and oxygen atoms in total. The van der Waals surface area contributed by atoms with E-state index in [1.807, 2.05) is 0 Å². The van der Waals surface area contributed by atoms with Crippen LogP contribution in [-0.2, 0) is 4.74 Å². The van der Waals surface area contributed by atoms with Crippen LogP contribution in [0.2, 0.25) is 0 Å². The summed E-state index contributed by atoms with van der Waals surface area (Å²) in [6.45, 7) is 3.64. The number of ether oxygens (including phenoxy) is 3. The summed E-state index contributed by atoms with van der Waals surface area (Å²) >= 11 is 0. The third kappa shape index (κ3) is 3.01. The van der Waals surface area contributed by atoms with Gasteiger partial charge >= 0.3 is 0 Å². The van der Waals surface area contributed by atoms with Crippen molar-refractivity contribution in [1.82, 2.24) is 0 Å². The zero-order valence-electron chi connectivity index (χ0n) is 10.8. The van der Waals surface area contributed by atoms with Gasteiger partial charge in [-0.25, -0.2) is 0 Å². The summed E-state index contributed by atoms with van der Waals surface area (Å²) in [7, 11) is 1.59. The van der Waals surface area contributed by atoms with E-state index in [2.05, 4.69) is 0 Å². The Kier molecular flexibility index (Phi) is 4.20. The van der Waals surface area contributed by atoms with Gasteiger partial charge in [-0.1, -0.05) is 0 Å². The fraction of sp³-hybridized carbons (Fsp3) is 0.500. The Bertz CT molecular complexity index is 422. The summed E-state index contributed by atoms with van der Waals surface area (Å²) in [6.07, 6.45) is 1.01. The maximum atomic E-state index is 11.5. The number of Topliss-reactive ketones (excluding diaryl/α,β-unsaturated/α-hetero) is 1. The highest BCUT2D eigenvalue weighted by atomic mass is 16.5. The summed E-state index contributed by atoms with van der Waals surface area (Å²) in [4.78, 5) is 11.5. The summed E-state index contributed by atoms with van der Waals surface area (Å²) < 4.78 is 16.2. The molecule has 0 spiro atoms. The maximum absolute atomic E-state index is 11.5. The van der Waals surface area contributed by atoms with E-state index in [1.54, 1.807) is 25.3 Å². The second-order valence-electron chi connectivity index (χ2n) is 4.46. The predicted octanol–water partition coefficient (Wildman–Crippen LogP) is 2.31. The van der Waals surface area contributed by atoms with Crippen molar-refractivity contribution < 1.29 is 19.0 Å². The van der Waals surface area contributed by atoms with Crippen LogP contribution in [-0.4, -0.2) is 32.7 Å². The van der Waals surface area contributed by atoms with Crippen molar-refractivity contribution in [3.8, 4) is 11.5 Å². The lowest BCUT2D eigenvalue weighted by Gasteiger charge is -2.13. The average molecular weight is 250 g/mol. The lowest BCUT2D eigenvalue weighted by Crippen LogP contribution is -2.13. The van der Waals surface area contributed by atoms with E-state index in [0.717, 1.165) is 19.6 Å². The fourth-order valence-electron chi connectivity index (χ4n) is 1.96. The summed E-state index contributed by atoms with van der Waals surface area (Å²) in [5.74, 6) is 1.69. The molecular formula is C14H18O4. The Morgan fingerprint density at radius 2 is 2.33 bits per heavy atom. The molecule has 1 heterocycles. The maximum Gasteiger partial charge on any atom is 0.163 e. The van der Waals surface area contributed by atoms with Crippen LogP contribution in [0.4, 0.5) is 0 Å². The number of hydrogen-bond acceptors (Lipinski definition) is 4. The summed E-state index contributed by atoms with van der Waals surface area (Å²) in [5, 5.41) is 0. The molecule has 1 atom stereocenters. The first-order valence-electron chi connectivity index (χ1n) is 6.10. The van der Waals surface area contributed by atoms with E-state index < -0.39 is 0 Å². The Hall–Kier alpha value is -1.55. The van der Waals surface area contributed by atoms with Crippen molar-refractivity contribution in [2.24, 2.45) is 5.92 Å².